The molecule has 50 heavy (non-hydrogen) atoms. The molecule has 0 saturated carbocycles. The first kappa shape index (κ1) is 43.9. The molecular weight excluding hydrogens is 743 g/mol. The molecule has 0 spiro atoms. The standard InChI is InChI=1S/2C22H25.C2H6Si.2ClH.Zr/c1-15(2)18-13-17-7-6-8-20(21(17)14-18)16-9-11-19(12-10-16)22(3,4)5;1-6-16-13-20-15(2)7-12-19(21(20)14-16)17-8-10-18(11-9-17)22(3,4)5;1-3-2;;;/h6-15H,1-5H3;7-14H,6H2,1-5H3;1-2H3;2*1H;/q2*-1;;;;+2/p-2. The number of rotatable bonds is 4. The van der Waals surface area contributed by atoms with Crippen LogP contribution in [-0.4, -0.2) is 5.43 Å². The first-order valence-electron chi connectivity index (χ1n) is 17.6. The van der Waals surface area contributed by atoms with Crippen molar-refractivity contribution in [3.8, 4) is 22.3 Å². The molecule has 0 unspecified atom stereocenters. The molecule has 6 aromatic carbocycles. The van der Waals surface area contributed by atoms with E-state index in [4.69, 9.17) is 0 Å². The topological polar surface area (TPSA) is 0 Å². The van der Waals surface area contributed by atoms with E-state index in [-0.39, 0.29) is 41.1 Å². The zero-order valence-corrected chi connectivity index (χ0v) is 37.3. The summed E-state index contributed by atoms with van der Waals surface area (Å²) in [4.78, 5) is 0. The van der Waals surface area contributed by atoms with Gasteiger partial charge in [-0.2, -0.15) is 12.1 Å². The summed E-state index contributed by atoms with van der Waals surface area (Å²) in [7, 11) is 0. The van der Waals surface area contributed by atoms with Gasteiger partial charge in [0.05, 0.1) is 0 Å². The Balaban J connectivity index is 0.000000303. The SMILES string of the molecule is CC(C)c1cc2c(-c3ccc(C(C)(C)C)cc3)cccc2[cH-]1.CCc1cc2c(-c3ccc(C(C)(C)C)cc3)ccc(C)c2[cH-]1.C[Si](C)=[Zr+2].[Cl-].[Cl-]. The van der Waals surface area contributed by atoms with Crippen molar-refractivity contribution in [2.45, 2.75) is 106 Å². The summed E-state index contributed by atoms with van der Waals surface area (Å²) in [6.45, 7) is 27.1. The van der Waals surface area contributed by atoms with Gasteiger partial charge in [0, 0.05) is 0 Å². The van der Waals surface area contributed by atoms with Crippen molar-refractivity contribution in [1.29, 1.82) is 0 Å². The Labute approximate surface area is 331 Å². The number of hydrogen-bond acceptors (Lipinski definition) is 0. The van der Waals surface area contributed by atoms with E-state index in [9.17, 15) is 0 Å². The van der Waals surface area contributed by atoms with Crippen LogP contribution in [0.3, 0.4) is 0 Å². The molecule has 0 aliphatic rings. The van der Waals surface area contributed by atoms with Crippen LogP contribution in [0.4, 0.5) is 0 Å². The predicted octanol–water partition coefficient (Wildman–Crippen LogP) is 7.83. The monoisotopic (exact) mass is 796 g/mol. The Morgan fingerprint density at radius 3 is 1.58 bits per heavy atom. The van der Waals surface area contributed by atoms with Gasteiger partial charge in [-0.05, 0) is 45.4 Å². The van der Waals surface area contributed by atoms with Crippen LogP contribution < -0.4 is 24.8 Å². The zero-order valence-electron chi connectivity index (χ0n) is 32.4. The first-order valence-corrected chi connectivity index (χ1v) is 23.8. The van der Waals surface area contributed by atoms with Gasteiger partial charge in [-0.25, -0.2) is 0 Å². The Morgan fingerprint density at radius 2 is 1.14 bits per heavy atom. The van der Waals surface area contributed by atoms with E-state index in [2.05, 4.69) is 185 Å². The molecule has 0 bridgehead atoms. The average Bonchev–Trinajstić information content (AvgIpc) is 3.66. The Morgan fingerprint density at radius 1 is 0.660 bits per heavy atom. The summed E-state index contributed by atoms with van der Waals surface area (Å²) < 4.78 is 0. The minimum Gasteiger partial charge on any atom is -1.00 e. The second-order valence-electron chi connectivity index (χ2n) is 15.9. The number of fused-ring (bicyclic) bond motifs is 2. The van der Waals surface area contributed by atoms with Gasteiger partial charge in [-0.1, -0.05) is 141 Å². The number of halogens is 2. The van der Waals surface area contributed by atoms with E-state index in [0.29, 0.717) is 5.92 Å². The second kappa shape index (κ2) is 18.5. The van der Waals surface area contributed by atoms with Gasteiger partial charge in [-0.3, -0.25) is 0 Å². The summed E-state index contributed by atoms with van der Waals surface area (Å²) in [5.41, 5.74) is 12.9. The minimum atomic E-state index is 0. The van der Waals surface area contributed by atoms with Gasteiger partial charge in [0.2, 0.25) is 0 Å². The van der Waals surface area contributed by atoms with Gasteiger partial charge < -0.3 is 24.8 Å². The maximum absolute atomic E-state index is 2.36. The van der Waals surface area contributed by atoms with Crippen LogP contribution in [0, 0.1) is 6.92 Å². The van der Waals surface area contributed by atoms with Crippen molar-refractivity contribution in [3.05, 3.63) is 131 Å². The maximum Gasteiger partial charge on any atom is -1.00 e. The van der Waals surface area contributed by atoms with Crippen molar-refractivity contribution in [2.24, 2.45) is 0 Å². The summed E-state index contributed by atoms with van der Waals surface area (Å²) in [5, 5.41) is 5.51. The fourth-order valence-corrected chi connectivity index (χ4v) is 6.10. The van der Waals surface area contributed by atoms with Gasteiger partial charge in [-0.15, -0.1) is 68.6 Å². The molecule has 0 heterocycles. The number of benzene rings is 4. The molecule has 6 aromatic rings. The van der Waals surface area contributed by atoms with Gasteiger partial charge >= 0.3 is 41.9 Å². The molecule has 0 N–H and O–H groups in total. The third-order valence-corrected chi connectivity index (χ3v) is 9.14. The van der Waals surface area contributed by atoms with Gasteiger partial charge in [0.15, 0.2) is 0 Å². The summed E-state index contributed by atoms with van der Waals surface area (Å²) in [5.74, 6) is 0.573. The molecule has 0 aliphatic heterocycles. The third kappa shape index (κ3) is 11.1. The quantitative estimate of drug-likeness (QED) is 0.126. The molecule has 0 saturated heterocycles. The Hall–Kier alpha value is -2.22. The third-order valence-electron chi connectivity index (χ3n) is 9.14. The predicted molar refractivity (Wildman–Crippen MR) is 213 cm³/mol. The minimum absolute atomic E-state index is 0. The molecule has 0 amide bonds. The van der Waals surface area contributed by atoms with E-state index in [1.165, 1.54) is 71.6 Å². The summed E-state index contributed by atoms with van der Waals surface area (Å²) >= 11 is 1.74. The maximum atomic E-state index is 2.36. The van der Waals surface area contributed by atoms with E-state index < -0.39 is 0 Å². The molecular formula is C46H56Cl2SiZr-2. The second-order valence-corrected chi connectivity index (χ2v) is 25.3. The average molecular weight is 799 g/mol. The van der Waals surface area contributed by atoms with E-state index in [1.807, 2.05) is 0 Å². The first-order chi connectivity index (χ1) is 22.5. The molecule has 0 aliphatic carbocycles. The van der Waals surface area contributed by atoms with Crippen molar-refractivity contribution in [1.82, 2.24) is 0 Å². The normalized spacial score (nSPS) is 11.3. The molecule has 6 rings (SSSR count). The molecule has 4 heteroatoms. The number of aryl methyl sites for hydroxylation is 2. The smallest absolute Gasteiger partial charge is 1.00 e. The van der Waals surface area contributed by atoms with Crippen LogP contribution in [0.15, 0.2) is 103 Å². The van der Waals surface area contributed by atoms with E-state index in [0.717, 1.165) is 6.42 Å². The van der Waals surface area contributed by atoms with Gasteiger partial charge in [0.25, 0.3) is 0 Å². The summed E-state index contributed by atoms with van der Waals surface area (Å²) in [6.07, 6.45) is 1.09. The van der Waals surface area contributed by atoms with Crippen molar-refractivity contribution >= 4 is 27.0 Å². The number of hydrogen-bond donors (Lipinski definition) is 0. The van der Waals surface area contributed by atoms with Crippen LogP contribution in [0.25, 0.3) is 43.8 Å². The van der Waals surface area contributed by atoms with Gasteiger partial charge in [0.1, 0.15) is 0 Å². The summed E-state index contributed by atoms with van der Waals surface area (Å²) in [6, 6.07) is 38.6. The Bertz CT molecular complexity index is 1970. The molecule has 0 nitrogen and oxygen atoms in total. The fraction of sp³-hybridized carbons (Fsp3) is 0.348. The van der Waals surface area contributed by atoms with Crippen molar-refractivity contribution < 1.29 is 48.1 Å². The van der Waals surface area contributed by atoms with Crippen molar-refractivity contribution in [3.63, 3.8) is 0 Å². The molecule has 0 radical (unpaired) electrons. The molecule has 264 valence electrons. The zero-order chi connectivity index (χ0) is 35.4. The molecule has 0 atom stereocenters. The van der Waals surface area contributed by atoms with E-state index in [1.54, 1.807) is 23.3 Å². The van der Waals surface area contributed by atoms with E-state index >= 15 is 0 Å². The van der Waals surface area contributed by atoms with Crippen LogP contribution in [0.2, 0.25) is 13.1 Å². The van der Waals surface area contributed by atoms with Crippen LogP contribution in [0.5, 0.6) is 0 Å². The van der Waals surface area contributed by atoms with Crippen LogP contribution >= 0.6 is 0 Å². The Kier molecular flexibility index (Phi) is 16.3. The fourth-order valence-electron chi connectivity index (χ4n) is 6.10. The van der Waals surface area contributed by atoms with Crippen LogP contribution in [-0.2, 0) is 40.6 Å². The molecule has 0 fully saturated rings. The largest absolute Gasteiger partial charge is 1.00 e. The van der Waals surface area contributed by atoms with Crippen LogP contribution in [0.1, 0.15) is 96.0 Å². The van der Waals surface area contributed by atoms with Crippen molar-refractivity contribution in [2.75, 3.05) is 0 Å². The molecule has 0 aromatic heterocycles.